The first-order valence-corrected chi connectivity index (χ1v) is 8.78. The summed E-state index contributed by atoms with van der Waals surface area (Å²) in [6.45, 7) is 3.90. The fourth-order valence-electron chi connectivity index (χ4n) is 2.28. The second-order valence-electron chi connectivity index (χ2n) is 6.26. The predicted molar refractivity (Wildman–Crippen MR) is 102 cm³/mol. The van der Waals surface area contributed by atoms with Crippen LogP contribution in [0.15, 0.2) is 48.5 Å². The first-order valence-electron chi connectivity index (χ1n) is 8.78. The lowest BCUT2D eigenvalue weighted by Gasteiger charge is -2.14. The zero-order valence-electron chi connectivity index (χ0n) is 15.3. The first kappa shape index (κ1) is 20.4. The average Bonchev–Trinajstić information content (AvgIpc) is 2.67. The molecule has 144 valence electrons. The molecule has 27 heavy (non-hydrogen) atoms. The maximum Gasteiger partial charge on any atom is 0.319 e. The number of aliphatic hydroxyl groups excluding tert-OH is 1. The van der Waals surface area contributed by atoms with Crippen LogP contribution in [0.1, 0.15) is 42.3 Å². The molecule has 7 heteroatoms. The van der Waals surface area contributed by atoms with Gasteiger partial charge >= 0.3 is 6.03 Å². The minimum absolute atomic E-state index is 0.0210. The monoisotopic (exact) mass is 373 g/mol. The Balaban J connectivity index is 1.83. The molecule has 0 fully saturated rings. The zero-order valence-corrected chi connectivity index (χ0v) is 15.3. The Morgan fingerprint density at radius 1 is 1.07 bits per heavy atom. The Labute approximate surface area is 157 Å². The van der Waals surface area contributed by atoms with Crippen molar-refractivity contribution in [2.24, 2.45) is 0 Å². The minimum Gasteiger partial charge on any atom is -0.387 e. The first-order chi connectivity index (χ1) is 12.9. The molecule has 0 spiro atoms. The number of urea groups is 1. The van der Waals surface area contributed by atoms with Gasteiger partial charge in [0.2, 0.25) is 0 Å². The van der Waals surface area contributed by atoms with Crippen LogP contribution >= 0.6 is 0 Å². The fraction of sp³-hybridized carbons (Fsp3) is 0.300. The lowest BCUT2D eigenvalue weighted by atomic mass is 10.1. The van der Waals surface area contributed by atoms with E-state index in [0.717, 1.165) is 6.42 Å². The number of hydrogen-bond donors (Lipinski definition) is 4. The quantitative estimate of drug-likeness (QED) is 0.601. The van der Waals surface area contributed by atoms with Crippen LogP contribution in [-0.2, 0) is 0 Å². The van der Waals surface area contributed by atoms with E-state index in [4.69, 9.17) is 0 Å². The van der Waals surface area contributed by atoms with E-state index in [0.29, 0.717) is 16.8 Å². The molecule has 0 saturated carbocycles. The van der Waals surface area contributed by atoms with E-state index in [2.05, 4.69) is 16.0 Å². The van der Waals surface area contributed by atoms with Crippen LogP contribution < -0.4 is 16.0 Å². The molecule has 0 bridgehead atoms. The van der Waals surface area contributed by atoms with Gasteiger partial charge in [-0.3, -0.25) is 4.79 Å². The predicted octanol–water partition coefficient (Wildman–Crippen LogP) is 3.21. The van der Waals surface area contributed by atoms with Gasteiger partial charge in [-0.15, -0.1) is 0 Å². The summed E-state index contributed by atoms with van der Waals surface area (Å²) in [5.41, 5.74) is 1.53. The summed E-state index contributed by atoms with van der Waals surface area (Å²) in [6, 6.07) is 11.5. The Morgan fingerprint density at radius 3 is 2.30 bits per heavy atom. The number of nitrogens with one attached hydrogen (secondary N) is 3. The van der Waals surface area contributed by atoms with E-state index in [1.807, 2.05) is 13.8 Å². The van der Waals surface area contributed by atoms with E-state index in [-0.39, 0.29) is 18.5 Å². The molecule has 0 radical (unpaired) electrons. The van der Waals surface area contributed by atoms with E-state index in [9.17, 15) is 19.1 Å². The number of hydrogen-bond acceptors (Lipinski definition) is 3. The Morgan fingerprint density at radius 2 is 1.70 bits per heavy atom. The highest BCUT2D eigenvalue weighted by molar-refractivity contribution is 5.95. The molecule has 0 heterocycles. The van der Waals surface area contributed by atoms with Crippen LogP contribution in [0.4, 0.5) is 14.9 Å². The van der Waals surface area contributed by atoms with Crippen molar-refractivity contribution in [1.82, 2.24) is 10.6 Å². The van der Waals surface area contributed by atoms with Crippen LogP contribution in [-0.4, -0.2) is 29.6 Å². The van der Waals surface area contributed by atoms with Crippen molar-refractivity contribution < 1.29 is 19.1 Å². The van der Waals surface area contributed by atoms with Crippen LogP contribution in [0.3, 0.4) is 0 Å². The van der Waals surface area contributed by atoms with Crippen molar-refractivity contribution in [2.75, 3.05) is 11.9 Å². The molecular weight excluding hydrogens is 349 g/mol. The molecule has 0 saturated heterocycles. The molecule has 3 amide bonds. The number of anilines is 1. The second kappa shape index (κ2) is 9.68. The fourth-order valence-corrected chi connectivity index (χ4v) is 2.28. The molecule has 2 atom stereocenters. The van der Waals surface area contributed by atoms with E-state index >= 15 is 0 Å². The standard InChI is InChI=1S/C20H24FN3O3/c1-3-13(2)23-19(26)15-6-10-17(11-7-15)24-20(27)22-12-18(25)14-4-8-16(21)9-5-14/h4-11,13,18,25H,3,12H2,1-2H3,(H,23,26)(H2,22,24,27). The maximum atomic E-state index is 12.9. The molecule has 4 N–H and O–H groups in total. The third-order valence-corrected chi connectivity index (χ3v) is 4.11. The lowest BCUT2D eigenvalue weighted by Crippen LogP contribution is -2.32. The zero-order chi connectivity index (χ0) is 19.8. The highest BCUT2D eigenvalue weighted by atomic mass is 19.1. The van der Waals surface area contributed by atoms with Gasteiger partial charge in [0, 0.05) is 23.8 Å². The van der Waals surface area contributed by atoms with Crippen molar-refractivity contribution >= 4 is 17.6 Å². The van der Waals surface area contributed by atoms with Gasteiger partial charge in [0.05, 0.1) is 6.10 Å². The van der Waals surface area contributed by atoms with Gasteiger partial charge in [0.25, 0.3) is 5.91 Å². The van der Waals surface area contributed by atoms with Gasteiger partial charge in [-0.05, 0) is 55.3 Å². The normalized spacial score (nSPS) is 12.7. The van der Waals surface area contributed by atoms with Crippen LogP contribution in [0.2, 0.25) is 0 Å². The second-order valence-corrected chi connectivity index (χ2v) is 6.26. The Bertz CT molecular complexity index is 763. The number of aliphatic hydroxyl groups is 1. The van der Waals surface area contributed by atoms with E-state index in [1.165, 1.54) is 24.3 Å². The molecule has 6 nitrogen and oxygen atoms in total. The molecule has 0 aliphatic rings. The van der Waals surface area contributed by atoms with Crippen molar-refractivity contribution in [3.05, 3.63) is 65.5 Å². The Hall–Kier alpha value is -2.93. The van der Waals surface area contributed by atoms with Gasteiger partial charge in [-0.25, -0.2) is 9.18 Å². The highest BCUT2D eigenvalue weighted by Crippen LogP contribution is 2.13. The summed E-state index contributed by atoms with van der Waals surface area (Å²) in [6.07, 6.45) is -0.0991. The number of amides is 3. The van der Waals surface area contributed by atoms with Crippen molar-refractivity contribution in [2.45, 2.75) is 32.4 Å². The van der Waals surface area contributed by atoms with Gasteiger partial charge in [0.1, 0.15) is 5.82 Å². The number of carbonyl (C=O) groups is 2. The van der Waals surface area contributed by atoms with Gasteiger partial charge in [0.15, 0.2) is 0 Å². The summed E-state index contributed by atoms with van der Waals surface area (Å²) in [5.74, 6) is -0.555. The molecule has 0 aromatic heterocycles. The molecule has 2 aromatic rings. The molecule has 2 unspecified atom stereocenters. The van der Waals surface area contributed by atoms with Crippen molar-refractivity contribution in [3.8, 4) is 0 Å². The third kappa shape index (κ3) is 6.38. The van der Waals surface area contributed by atoms with Crippen LogP contribution in [0, 0.1) is 5.82 Å². The largest absolute Gasteiger partial charge is 0.387 e. The summed E-state index contributed by atoms with van der Waals surface area (Å²) in [7, 11) is 0. The summed E-state index contributed by atoms with van der Waals surface area (Å²) < 4.78 is 12.9. The molecule has 2 aromatic carbocycles. The van der Waals surface area contributed by atoms with Gasteiger partial charge in [-0.2, -0.15) is 0 Å². The lowest BCUT2D eigenvalue weighted by molar-refractivity contribution is 0.0939. The summed E-state index contributed by atoms with van der Waals surface area (Å²) >= 11 is 0. The number of carbonyl (C=O) groups excluding carboxylic acids is 2. The van der Waals surface area contributed by atoms with Crippen molar-refractivity contribution in [1.29, 1.82) is 0 Å². The molecule has 2 rings (SSSR count). The SMILES string of the molecule is CCC(C)NC(=O)c1ccc(NC(=O)NCC(O)c2ccc(F)cc2)cc1. The van der Waals surface area contributed by atoms with Crippen LogP contribution in [0.5, 0.6) is 0 Å². The Kier molecular flexibility index (Phi) is 7.31. The van der Waals surface area contributed by atoms with Crippen molar-refractivity contribution in [3.63, 3.8) is 0 Å². The number of halogens is 1. The minimum atomic E-state index is -0.942. The summed E-state index contributed by atoms with van der Waals surface area (Å²) in [5, 5.41) is 18.0. The maximum absolute atomic E-state index is 12.9. The molecular formula is C20H24FN3O3. The van der Waals surface area contributed by atoms with E-state index < -0.39 is 18.0 Å². The molecule has 0 aliphatic carbocycles. The van der Waals surface area contributed by atoms with E-state index in [1.54, 1.807) is 24.3 Å². The average molecular weight is 373 g/mol. The topological polar surface area (TPSA) is 90.5 Å². The number of benzene rings is 2. The van der Waals surface area contributed by atoms with Gasteiger partial charge in [-0.1, -0.05) is 19.1 Å². The highest BCUT2D eigenvalue weighted by Gasteiger charge is 2.11. The smallest absolute Gasteiger partial charge is 0.319 e. The third-order valence-electron chi connectivity index (χ3n) is 4.11. The van der Waals surface area contributed by atoms with Gasteiger partial charge < -0.3 is 21.1 Å². The molecule has 0 aliphatic heterocycles. The summed E-state index contributed by atoms with van der Waals surface area (Å²) in [4.78, 5) is 24.0. The van der Waals surface area contributed by atoms with Crippen LogP contribution in [0.25, 0.3) is 0 Å². The number of rotatable bonds is 7.